The Morgan fingerprint density at radius 2 is 1.08 bits per heavy atom. The second-order valence-corrected chi connectivity index (χ2v) is 20.3. The van der Waals surface area contributed by atoms with E-state index < -0.39 is 50.0 Å². The molecule has 0 saturated carbocycles. The number of carbonyl (C=O) groups excluding carboxylic acids is 2. The minimum atomic E-state index is -4.11. The summed E-state index contributed by atoms with van der Waals surface area (Å²) in [6.07, 6.45) is 15.2. The third kappa shape index (κ3) is 10.7. The van der Waals surface area contributed by atoms with Crippen LogP contribution in [0.1, 0.15) is 41.5 Å². The Morgan fingerprint density at radius 3 is 1.53 bits per heavy atom. The Labute approximate surface area is 411 Å². The lowest BCUT2D eigenvalue weighted by Gasteiger charge is -2.18. The summed E-state index contributed by atoms with van der Waals surface area (Å²) in [5.41, 5.74) is 1.16. The Bertz CT molecular complexity index is 3740. The number of nitrogens with one attached hydrogen (secondary N) is 2. The molecule has 7 aromatic heterocycles. The van der Waals surface area contributed by atoms with Crippen molar-refractivity contribution >= 4 is 54.2 Å². The number of aromatic nitrogens is 12. The number of ether oxygens (including phenoxy) is 2. The fourth-order valence-corrected chi connectivity index (χ4v) is 10.1. The van der Waals surface area contributed by atoms with E-state index in [1.165, 1.54) is 74.0 Å². The van der Waals surface area contributed by atoms with Crippen LogP contribution in [0.4, 0.5) is 28.9 Å². The third-order valence-corrected chi connectivity index (χ3v) is 15.1. The van der Waals surface area contributed by atoms with Gasteiger partial charge in [-0.2, -0.15) is 38.0 Å². The van der Waals surface area contributed by atoms with Gasteiger partial charge in [-0.05, 0) is 61.4 Å². The van der Waals surface area contributed by atoms with Crippen molar-refractivity contribution < 1.29 is 53.5 Å². The van der Waals surface area contributed by atoms with E-state index in [2.05, 4.69) is 60.4 Å². The van der Waals surface area contributed by atoms with Gasteiger partial charge in [-0.3, -0.25) is 19.0 Å². The summed E-state index contributed by atoms with van der Waals surface area (Å²) < 4.78 is 120. The van der Waals surface area contributed by atoms with Crippen molar-refractivity contribution in [3.63, 3.8) is 0 Å². The molecule has 0 fully saturated rings. The molecule has 378 valence electrons. The molecule has 2 amide bonds. The summed E-state index contributed by atoms with van der Waals surface area (Å²) in [5, 5.41) is 21.4. The lowest BCUT2D eigenvalue weighted by molar-refractivity contribution is -0.0501. The first kappa shape index (κ1) is 50.7. The van der Waals surface area contributed by atoms with Gasteiger partial charge in [-0.25, -0.2) is 45.8 Å². The Hall–Kier alpha value is -8.66. The average Bonchev–Trinajstić information content (AvgIpc) is 4.16. The summed E-state index contributed by atoms with van der Waals surface area (Å²) in [6, 6.07) is 10.3. The van der Waals surface area contributed by atoms with E-state index in [9.17, 15) is 44.0 Å². The van der Waals surface area contributed by atoms with Crippen LogP contribution in [0.25, 0.3) is 33.8 Å². The van der Waals surface area contributed by atoms with Crippen LogP contribution in [0.15, 0.2) is 132 Å². The standard InChI is InChI=1S/C23H24F2N6O4S.C22H16F2N8O4S/c1-13(2)14(3)36(33,34)15-6-7-19(35-23(24)25)16(10-15)20-18(12-30(4)29-20)28-22(32)17-11-27-31-9-5-8-26-21(17)31;1-31-11-17(29-21(33)16-10-28-32-6-2-5-27-20(16)32)19(30-31)15-7-13(3-4-18(15)36-22(23)24)37(34,35)14-8-25-12-26-9-14/h5-14,23H,1-4H3,(H,28,32);2-12,22H,1H3,(H,29,33). The number of anilines is 2. The largest absolute Gasteiger partial charge is 0.434 e. The second-order valence-electron chi connectivity index (χ2n) is 16.1. The summed E-state index contributed by atoms with van der Waals surface area (Å²) in [5.74, 6) is -1.96. The van der Waals surface area contributed by atoms with E-state index >= 15 is 0 Å². The first-order valence-electron chi connectivity index (χ1n) is 21.4. The van der Waals surface area contributed by atoms with Gasteiger partial charge in [0.05, 0.1) is 38.8 Å². The molecule has 9 aromatic rings. The molecule has 28 heteroatoms. The molecule has 0 radical (unpaired) electrons. The first-order valence-corrected chi connectivity index (χ1v) is 24.4. The van der Waals surface area contributed by atoms with Crippen LogP contribution >= 0.6 is 0 Å². The highest BCUT2D eigenvalue weighted by Crippen LogP contribution is 2.40. The highest BCUT2D eigenvalue weighted by Gasteiger charge is 2.30. The number of halogens is 4. The highest BCUT2D eigenvalue weighted by molar-refractivity contribution is 7.92. The van der Waals surface area contributed by atoms with Crippen LogP contribution in [-0.4, -0.2) is 106 Å². The molecule has 9 rings (SSSR count). The zero-order chi connectivity index (χ0) is 52.4. The van der Waals surface area contributed by atoms with E-state index in [0.29, 0.717) is 11.3 Å². The quantitative estimate of drug-likeness (QED) is 0.105. The molecule has 0 spiro atoms. The van der Waals surface area contributed by atoms with Crippen molar-refractivity contribution in [3.05, 3.63) is 128 Å². The third-order valence-electron chi connectivity index (χ3n) is 11.0. The van der Waals surface area contributed by atoms with Crippen LogP contribution in [0, 0.1) is 5.92 Å². The van der Waals surface area contributed by atoms with E-state index in [1.54, 1.807) is 59.4 Å². The minimum Gasteiger partial charge on any atom is -0.434 e. The molecular formula is C45H40F4N14O8S2. The summed E-state index contributed by atoms with van der Waals surface area (Å²) in [6.45, 7) is -1.22. The lowest BCUT2D eigenvalue weighted by Crippen LogP contribution is -2.23. The van der Waals surface area contributed by atoms with Crippen LogP contribution in [0.5, 0.6) is 11.5 Å². The van der Waals surface area contributed by atoms with Gasteiger partial charge in [-0.1, -0.05) is 13.8 Å². The van der Waals surface area contributed by atoms with Crippen LogP contribution in [0.2, 0.25) is 0 Å². The zero-order valence-electron chi connectivity index (χ0n) is 38.7. The Kier molecular flexibility index (Phi) is 14.3. The molecule has 73 heavy (non-hydrogen) atoms. The number of nitrogens with zero attached hydrogens (tertiary/aromatic N) is 12. The Morgan fingerprint density at radius 1 is 0.630 bits per heavy atom. The fraction of sp³-hybridized carbons (Fsp3) is 0.200. The number of fused-ring (bicyclic) bond motifs is 2. The lowest BCUT2D eigenvalue weighted by atomic mass is 10.1. The van der Waals surface area contributed by atoms with Crippen molar-refractivity contribution in [2.24, 2.45) is 20.0 Å². The molecule has 0 aliphatic carbocycles. The van der Waals surface area contributed by atoms with E-state index in [-0.39, 0.29) is 77.1 Å². The van der Waals surface area contributed by atoms with Gasteiger partial charge in [0, 0.05) is 74.8 Å². The fourth-order valence-electron chi connectivity index (χ4n) is 7.17. The maximum atomic E-state index is 13.2. The maximum absolute atomic E-state index is 13.2. The number of benzene rings is 2. The molecule has 0 aliphatic rings. The van der Waals surface area contributed by atoms with E-state index in [4.69, 9.17) is 0 Å². The number of alkyl halides is 4. The molecule has 2 aromatic carbocycles. The number of hydrogen-bond donors (Lipinski definition) is 2. The monoisotopic (exact) mass is 1040 g/mol. The van der Waals surface area contributed by atoms with Gasteiger partial charge in [-0.15, -0.1) is 0 Å². The molecule has 1 atom stereocenters. The van der Waals surface area contributed by atoms with Crippen molar-refractivity contribution in [3.8, 4) is 34.0 Å². The molecule has 0 bridgehead atoms. The number of aryl methyl sites for hydroxylation is 2. The van der Waals surface area contributed by atoms with Gasteiger partial charge in [0.2, 0.25) is 9.84 Å². The van der Waals surface area contributed by atoms with Crippen molar-refractivity contribution in [1.29, 1.82) is 0 Å². The smallest absolute Gasteiger partial charge is 0.387 e. The predicted molar refractivity (Wildman–Crippen MR) is 251 cm³/mol. The number of hydrogen-bond acceptors (Lipinski definition) is 16. The average molecular weight is 1050 g/mol. The van der Waals surface area contributed by atoms with Crippen molar-refractivity contribution in [2.75, 3.05) is 10.6 Å². The molecule has 7 heterocycles. The summed E-state index contributed by atoms with van der Waals surface area (Å²) >= 11 is 0. The van der Waals surface area contributed by atoms with Gasteiger partial charge < -0.3 is 20.1 Å². The number of carbonyl (C=O) groups is 2. The van der Waals surface area contributed by atoms with Crippen molar-refractivity contribution in [1.82, 2.24) is 58.7 Å². The molecule has 0 aliphatic heterocycles. The maximum Gasteiger partial charge on any atom is 0.387 e. The van der Waals surface area contributed by atoms with Gasteiger partial charge in [0.15, 0.2) is 21.1 Å². The zero-order valence-corrected chi connectivity index (χ0v) is 40.4. The van der Waals surface area contributed by atoms with Gasteiger partial charge >= 0.3 is 13.2 Å². The van der Waals surface area contributed by atoms with Gasteiger partial charge in [0.1, 0.15) is 45.2 Å². The van der Waals surface area contributed by atoms with E-state index in [1.807, 2.05) is 0 Å². The molecule has 1 unspecified atom stereocenters. The number of rotatable bonds is 15. The first-order chi connectivity index (χ1) is 34.7. The number of amides is 2. The van der Waals surface area contributed by atoms with E-state index in [0.717, 1.165) is 36.7 Å². The van der Waals surface area contributed by atoms with Crippen LogP contribution in [-0.2, 0) is 33.8 Å². The molecular weight excluding hydrogens is 1000 g/mol. The summed E-state index contributed by atoms with van der Waals surface area (Å²) in [7, 11) is -4.78. The van der Waals surface area contributed by atoms with Gasteiger partial charge in [0.25, 0.3) is 11.8 Å². The molecule has 2 N–H and O–H groups in total. The predicted octanol–water partition coefficient (Wildman–Crippen LogP) is 6.41. The van der Waals surface area contributed by atoms with Crippen LogP contribution < -0.4 is 20.1 Å². The molecule has 0 saturated heterocycles. The SMILES string of the molecule is CC(C)C(C)S(=O)(=O)c1ccc(OC(F)F)c(-c2nn(C)cc2NC(=O)c2cnn3cccnc23)c1.Cn1cc(NC(=O)c2cnn3cccnc23)c(-c2cc(S(=O)(=O)c3cncnc3)ccc2OC(F)F)n1. The number of sulfone groups is 2. The Balaban J connectivity index is 0.000000195. The minimum absolute atomic E-state index is 0.00250. The molecule has 22 nitrogen and oxygen atoms in total. The topological polar surface area (TPSA) is 267 Å². The second kappa shape index (κ2) is 20.6. The van der Waals surface area contributed by atoms with Crippen molar-refractivity contribution in [2.45, 2.75) is 53.9 Å². The normalized spacial score (nSPS) is 12.3. The highest BCUT2D eigenvalue weighted by atomic mass is 32.2. The summed E-state index contributed by atoms with van der Waals surface area (Å²) in [4.78, 5) is 41.3. The van der Waals surface area contributed by atoms with Crippen LogP contribution in [0.3, 0.4) is 0 Å².